The van der Waals surface area contributed by atoms with E-state index in [1.807, 2.05) is 6.07 Å². The fourth-order valence-corrected chi connectivity index (χ4v) is 1.70. The van der Waals surface area contributed by atoms with Crippen molar-refractivity contribution < 1.29 is 14.3 Å². The van der Waals surface area contributed by atoms with Gasteiger partial charge in [-0.05, 0) is 0 Å². The number of hydrogen-bond acceptors (Lipinski definition) is 4. The highest BCUT2D eigenvalue weighted by Crippen LogP contribution is 2.26. The molecule has 2 unspecified atom stereocenters. The minimum Gasteiger partial charge on any atom is -0.431 e. The summed E-state index contributed by atoms with van der Waals surface area (Å²) in [5.41, 5.74) is 0.583. The number of nitrogens with one attached hydrogen (secondary N) is 1. The van der Waals surface area contributed by atoms with Gasteiger partial charge in [0.1, 0.15) is 6.04 Å². The summed E-state index contributed by atoms with van der Waals surface area (Å²) >= 11 is 0. The molecule has 0 radical (unpaired) electrons. The second-order valence-corrected chi connectivity index (χ2v) is 4.08. The third-order valence-corrected chi connectivity index (χ3v) is 2.80. The molecule has 6 nitrogen and oxygen atoms in total. The average Bonchev–Trinajstić information content (AvgIpc) is 3.24. The molecule has 2 rings (SSSR count). The lowest BCUT2D eigenvalue weighted by Gasteiger charge is -2.17. The molecule has 98 valence electrons. The number of benzene rings is 1. The first-order valence-corrected chi connectivity index (χ1v) is 5.80. The van der Waals surface area contributed by atoms with Gasteiger partial charge in [0, 0.05) is 12.6 Å². The number of nitrogens with zero attached hydrogens (tertiary/aromatic N) is 2. The van der Waals surface area contributed by atoms with Crippen molar-refractivity contribution in [2.24, 2.45) is 0 Å². The zero-order valence-corrected chi connectivity index (χ0v) is 10.4. The number of nitriles is 1. The molecule has 0 aromatic heterocycles. The van der Waals surface area contributed by atoms with E-state index in [1.54, 1.807) is 30.3 Å². The molecule has 19 heavy (non-hydrogen) atoms. The van der Waals surface area contributed by atoms with Gasteiger partial charge in [0.2, 0.25) is 6.10 Å². The molecule has 1 N–H and O–H groups in total. The van der Waals surface area contributed by atoms with Gasteiger partial charge < -0.3 is 15.0 Å². The Labute approximate surface area is 110 Å². The first-order chi connectivity index (χ1) is 9.17. The summed E-state index contributed by atoms with van der Waals surface area (Å²) in [6, 6.07) is 10.3. The van der Waals surface area contributed by atoms with E-state index in [1.165, 1.54) is 11.9 Å². The summed E-state index contributed by atoms with van der Waals surface area (Å²) in [7, 11) is 1.42. The highest BCUT2D eigenvalue weighted by atomic mass is 16.6. The third-order valence-electron chi connectivity index (χ3n) is 2.80. The van der Waals surface area contributed by atoms with Crippen LogP contribution in [0.1, 0.15) is 11.7 Å². The second-order valence-electron chi connectivity index (χ2n) is 4.08. The maximum absolute atomic E-state index is 12.2. The van der Waals surface area contributed by atoms with Crippen molar-refractivity contribution in [1.29, 1.82) is 5.26 Å². The summed E-state index contributed by atoms with van der Waals surface area (Å²) in [5, 5.41) is 11.0. The van der Waals surface area contributed by atoms with Gasteiger partial charge in [-0.2, -0.15) is 5.26 Å². The standard InChI is InChI=1S/C13H13N3O3/c1-15-13(18)19-11(9-5-3-2-4-6-9)12(17)16-8-10(16)7-14/h2-6,10-11H,8H2,1H3,(H,15,18). The molecule has 1 saturated heterocycles. The van der Waals surface area contributed by atoms with E-state index < -0.39 is 18.2 Å². The van der Waals surface area contributed by atoms with Gasteiger partial charge in [-0.25, -0.2) is 4.79 Å². The molecule has 0 bridgehead atoms. The minimum atomic E-state index is -1.01. The summed E-state index contributed by atoms with van der Waals surface area (Å²) < 4.78 is 5.09. The highest BCUT2D eigenvalue weighted by molar-refractivity contribution is 5.87. The van der Waals surface area contributed by atoms with E-state index in [4.69, 9.17) is 10.00 Å². The SMILES string of the molecule is CNC(=O)OC(C(=O)N1CC1C#N)c1ccccc1. The van der Waals surface area contributed by atoms with Crippen LogP contribution >= 0.6 is 0 Å². The summed E-state index contributed by atoms with van der Waals surface area (Å²) in [4.78, 5) is 24.9. The topological polar surface area (TPSA) is 82.2 Å². The summed E-state index contributed by atoms with van der Waals surface area (Å²) in [5.74, 6) is -0.374. The first-order valence-electron chi connectivity index (χ1n) is 5.80. The van der Waals surface area contributed by atoms with Gasteiger partial charge in [0.25, 0.3) is 5.91 Å². The number of carbonyl (C=O) groups excluding carboxylic acids is 2. The average molecular weight is 259 g/mol. The van der Waals surface area contributed by atoms with Crippen LogP contribution < -0.4 is 5.32 Å². The van der Waals surface area contributed by atoms with Crippen LogP contribution in [0.15, 0.2) is 30.3 Å². The molecule has 2 atom stereocenters. The van der Waals surface area contributed by atoms with Crippen LogP contribution in [-0.4, -0.2) is 36.5 Å². The Morgan fingerprint density at radius 3 is 2.68 bits per heavy atom. The van der Waals surface area contributed by atoms with E-state index >= 15 is 0 Å². The predicted molar refractivity (Wildman–Crippen MR) is 65.8 cm³/mol. The van der Waals surface area contributed by atoms with Crippen LogP contribution in [0.3, 0.4) is 0 Å². The molecule has 1 aliphatic rings. The molecule has 1 aromatic carbocycles. The van der Waals surface area contributed by atoms with Gasteiger partial charge in [-0.15, -0.1) is 0 Å². The van der Waals surface area contributed by atoms with Crippen LogP contribution in [0.25, 0.3) is 0 Å². The van der Waals surface area contributed by atoms with Crippen molar-refractivity contribution >= 4 is 12.0 Å². The molecular formula is C13H13N3O3. The number of amides is 2. The Bertz CT molecular complexity index is 524. The Balaban J connectivity index is 2.18. The fourth-order valence-electron chi connectivity index (χ4n) is 1.70. The number of hydrogen-bond donors (Lipinski definition) is 1. The lowest BCUT2D eigenvalue weighted by molar-refractivity contribution is -0.135. The third kappa shape index (κ3) is 2.83. The lowest BCUT2D eigenvalue weighted by Crippen LogP contribution is -2.30. The molecule has 2 amide bonds. The number of alkyl carbamates (subject to hydrolysis) is 1. The second kappa shape index (κ2) is 5.40. The van der Waals surface area contributed by atoms with Crippen LogP contribution in [0.4, 0.5) is 4.79 Å². The van der Waals surface area contributed by atoms with E-state index in [-0.39, 0.29) is 5.91 Å². The number of ether oxygens (including phenoxy) is 1. The summed E-state index contributed by atoms with van der Waals surface area (Å²) in [6.07, 6.45) is -1.70. The zero-order chi connectivity index (χ0) is 13.8. The van der Waals surface area contributed by atoms with Crippen LogP contribution in [-0.2, 0) is 9.53 Å². The molecule has 1 aromatic rings. The zero-order valence-electron chi connectivity index (χ0n) is 10.4. The van der Waals surface area contributed by atoms with Gasteiger partial charge in [-0.3, -0.25) is 4.79 Å². The van der Waals surface area contributed by atoms with Gasteiger partial charge in [0.15, 0.2) is 0 Å². The van der Waals surface area contributed by atoms with E-state index in [2.05, 4.69) is 5.32 Å². The number of carbonyl (C=O) groups is 2. The van der Waals surface area contributed by atoms with Crippen LogP contribution in [0.2, 0.25) is 0 Å². The van der Waals surface area contributed by atoms with Crippen molar-refractivity contribution in [2.75, 3.05) is 13.6 Å². The normalized spacial score (nSPS) is 18.1. The fraction of sp³-hybridized carbons (Fsp3) is 0.308. The maximum Gasteiger partial charge on any atom is 0.408 e. The molecule has 1 fully saturated rings. The molecule has 0 aliphatic carbocycles. The quantitative estimate of drug-likeness (QED) is 0.815. The van der Waals surface area contributed by atoms with Crippen molar-refractivity contribution in [1.82, 2.24) is 10.2 Å². The molecular weight excluding hydrogens is 246 g/mol. The van der Waals surface area contributed by atoms with E-state index in [0.29, 0.717) is 12.1 Å². The lowest BCUT2D eigenvalue weighted by atomic mass is 10.1. The van der Waals surface area contributed by atoms with E-state index in [9.17, 15) is 9.59 Å². The molecule has 1 heterocycles. The van der Waals surface area contributed by atoms with Crippen LogP contribution in [0, 0.1) is 11.3 Å². The van der Waals surface area contributed by atoms with Crippen molar-refractivity contribution in [3.63, 3.8) is 0 Å². The first kappa shape index (κ1) is 12.9. The Hall–Kier alpha value is -2.55. The molecule has 0 spiro atoms. The Kier molecular flexibility index (Phi) is 3.66. The van der Waals surface area contributed by atoms with Crippen molar-refractivity contribution in [2.45, 2.75) is 12.1 Å². The highest BCUT2D eigenvalue weighted by Gasteiger charge is 2.43. The Morgan fingerprint density at radius 1 is 1.47 bits per heavy atom. The monoisotopic (exact) mass is 259 g/mol. The van der Waals surface area contributed by atoms with Crippen molar-refractivity contribution in [3.05, 3.63) is 35.9 Å². The molecule has 6 heteroatoms. The van der Waals surface area contributed by atoms with Gasteiger partial charge >= 0.3 is 6.09 Å². The van der Waals surface area contributed by atoms with Crippen molar-refractivity contribution in [3.8, 4) is 6.07 Å². The van der Waals surface area contributed by atoms with Gasteiger partial charge in [-0.1, -0.05) is 30.3 Å². The van der Waals surface area contributed by atoms with Crippen LogP contribution in [0.5, 0.6) is 0 Å². The predicted octanol–water partition coefficient (Wildman–Crippen LogP) is 0.818. The Morgan fingerprint density at radius 2 is 2.16 bits per heavy atom. The van der Waals surface area contributed by atoms with Gasteiger partial charge in [0.05, 0.1) is 12.6 Å². The molecule has 1 aliphatic heterocycles. The largest absolute Gasteiger partial charge is 0.431 e. The maximum atomic E-state index is 12.2. The minimum absolute atomic E-state index is 0.374. The smallest absolute Gasteiger partial charge is 0.408 e. The number of rotatable bonds is 3. The summed E-state index contributed by atoms with van der Waals surface area (Å²) in [6.45, 7) is 0.385. The molecule has 0 saturated carbocycles. The van der Waals surface area contributed by atoms with E-state index in [0.717, 1.165) is 0 Å².